The van der Waals surface area contributed by atoms with Crippen LogP contribution in [0.4, 0.5) is 0 Å². The van der Waals surface area contributed by atoms with E-state index in [2.05, 4.69) is 46.6 Å². The van der Waals surface area contributed by atoms with E-state index in [-0.39, 0.29) is 0 Å². The van der Waals surface area contributed by atoms with E-state index in [1.807, 2.05) is 0 Å². The third-order valence-electron chi connectivity index (χ3n) is 3.26. The first-order valence-electron chi connectivity index (χ1n) is 7.80. The fraction of sp³-hybridized carbons (Fsp3) is 1.00. The van der Waals surface area contributed by atoms with Crippen LogP contribution in [0.25, 0.3) is 0 Å². The zero-order valence-corrected chi connectivity index (χ0v) is 15.9. The second-order valence-corrected chi connectivity index (χ2v) is 17.6. The summed E-state index contributed by atoms with van der Waals surface area (Å²) in [5.41, 5.74) is 0. The van der Waals surface area contributed by atoms with Gasteiger partial charge in [-0.3, -0.25) is 0 Å². The van der Waals surface area contributed by atoms with Gasteiger partial charge in [-0.15, -0.1) is 0 Å². The minimum Gasteiger partial charge on any atom is -0.415 e. The molecule has 0 saturated heterocycles. The summed E-state index contributed by atoms with van der Waals surface area (Å²) < 4.78 is 6.05. The van der Waals surface area contributed by atoms with Crippen LogP contribution in [-0.2, 0) is 4.43 Å². The molecular weight excluding hydrogens is 252 g/mol. The molecule has 0 spiro atoms. The first-order valence-corrected chi connectivity index (χ1v) is 14.6. The van der Waals surface area contributed by atoms with E-state index in [1.54, 1.807) is 0 Å². The summed E-state index contributed by atoms with van der Waals surface area (Å²) in [4.78, 5) is 0. The lowest BCUT2D eigenvalue weighted by Gasteiger charge is -2.25. The molecule has 0 fully saturated rings. The van der Waals surface area contributed by atoms with Gasteiger partial charge in [0.1, 0.15) is 0 Å². The van der Waals surface area contributed by atoms with E-state index >= 15 is 0 Å². The number of rotatable bonds is 10. The summed E-state index contributed by atoms with van der Waals surface area (Å²) in [5.74, 6) is 0. The van der Waals surface area contributed by atoms with Gasteiger partial charge in [-0.25, -0.2) is 0 Å². The van der Waals surface area contributed by atoms with Crippen LogP contribution in [0.15, 0.2) is 0 Å². The molecule has 0 unspecified atom stereocenters. The molecular formula is C15H36OSi2. The topological polar surface area (TPSA) is 9.23 Å². The molecule has 0 heterocycles. The van der Waals surface area contributed by atoms with Crippen LogP contribution in [0.2, 0.25) is 44.8 Å². The van der Waals surface area contributed by atoms with Gasteiger partial charge in [0.2, 0.25) is 0 Å². The summed E-state index contributed by atoms with van der Waals surface area (Å²) in [6.07, 6.45) is 7.51. The Morgan fingerprint density at radius 3 is 1.61 bits per heavy atom. The van der Waals surface area contributed by atoms with E-state index in [0.29, 0.717) is 6.10 Å². The molecule has 110 valence electrons. The molecule has 18 heavy (non-hydrogen) atoms. The third-order valence-corrected chi connectivity index (χ3v) is 7.78. The molecule has 0 radical (unpaired) electrons. The van der Waals surface area contributed by atoms with Gasteiger partial charge in [0.15, 0.2) is 8.32 Å². The lowest BCUT2D eigenvalue weighted by atomic mass is 10.2. The van der Waals surface area contributed by atoms with Gasteiger partial charge in [0.25, 0.3) is 0 Å². The third kappa shape index (κ3) is 12.8. The lowest BCUT2D eigenvalue weighted by Crippen LogP contribution is -2.33. The molecule has 3 heteroatoms. The highest BCUT2D eigenvalue weighted by molar-refractivity contribution is 6.76. The Morgan fingerprint density at radius 2 is 1.17 bits per heavy atom. The molecule has 0 atom stereocenters. The van der Waals surface area contributed by atoms with Crippen molar-refractivity contribution in [3.05, 3.63) is 0 Å². The number of unbranched alkanes of at least 4 members (excludes halogenated alkanes) is 4. The van der Waals surface area contributed by atoms with Crippen LogP contribution in [-0.4, -0.2) is 22.5 Å². The van der Waals surface area contributed by atoms with Gasteiger partial charge in [-0.2, -0.15) is 0 Å². The van der Waals surface area contributed by atoms with Crippen molar-refractivity contribution < 1.29 is 4.43 Å². The van der Waals surface area contributed by atoms with Crippen LogP contribution >= 0.6 is 0 Å². The van der Waals surface area contributed by atoms with E-state index < -0.39 is 16.4 Å². The minimum absolute atomic E-state index is 0.406. The van der Waals surface area contributed by atoms with Crippen LogP contribution in [0.5, 0.6) is 0 Å². The van der Waals surface area contributed by atoms with Crippen LogP contribution < -0.4 is 0 Å². The molecule has 0 amide bonds. The van der Waals surface area contributed by atoms with E-state index in [1.165, 1.54) is 44.2 Å². The number of hydrogen-bond acceptors (Lipinski definition) is 1. The molecule has 0 N–H and O–H groups in total. The Morgan fingerprint density at radius 1 is 0.722 bits per heavy atom. The average Bonchev–Trinajstić information content (AvgIpc) is 2.12. The average molecular weight is 289 g/mol. The molecule has 0 aromatic rings. The maximum Gasteiger partial charge on any atom is 0.187 e. The Hall–Kier alpha value is 0.394. The van der Waals surface area contributed by atoms with Gasteiger partial charge in [-0.1, -0.05) is 57.8 Å². The maximum atomic E-state index is 6.05. The molecule has 1 nitrogen and oxygen atoms in total. The summed E-state index contributed by atoms with van der Waals surface area (Å²) in [7, 11) is -2.15. The first-order chi connectivity index (χ1) is 8.12. The van der Waals surface area contributed by atoms with Crippen molar-refractivity contribution in [1.82, 2.24) is 0 Å². The fourth-order valence-electron chi connectivity index (χ4n) is 2.43. The predicted molar refractivity (Wildman–Crippen MR) is 89.7 cm³/mol. The highest BCUT2D eigenvalue weighted by atomic mass is 28.4. The van der Waals surface area contributed by atoms with Crippen molar-refractivity contribution in [2.24, 2.45) is 0 Å². The minimum atomic E-state index is -1.36. The smallest absolute Gasteiger partial charge is 0.187 e. The predicted octanol–water partition coefficient (Wildman–Crippen LogP) is 5.91. The lowest BCUT2D eigenvalue weighted by molar-refractivity contribution is 0.230. The van der Waals surface area contributed by atoms with Gasteiger partial charge in [-0.05, 0) is 33.0 Å². The monoisotopic (exact) mass is 288 g/mol. The van der Waals surface area contributed by atoms with Gasteiger partial charge < -0.3 is 4.43 Å². The zero-order valence-electron chi connectivity index (χ0n) is 13.9. The molecule has 0 aromatic heterocycles. The zero-order chi connectivity index (χ0) is 14.2. The molecule has 0 saturated carbocycles. The second-order valence-electron chi connectivity index (χ2n) is 7.75. The van der Waals surface area contributed by atoms with Crippen LogP contribution in [0.3, 0.4) is 0 Å². The van der Waals surface area contributed by atoms with Crippen molar-refractivity contribution >= 4 is 16.4 Å². The molecule has 0 aromatic carbocycles. The Balaban J connectivity index is 3.45. The summed E-state index contributed by atoms with van der Waals surface area (Å²) in [6, 6.07) is 2.84. The molecule has 0 aliphatic heterocycles. The Bertz CT molecular complexity index is 207. The molecule has 0 aliphatic rings. The van der Waals surface area contributed by atoms with Gasteiger partial charge >= 0.3 is 0 Å². The van der Waals surface area contributed by atoms with Gasteiger partial charge in [0, 0.05) is 14.2 Å². The standard InChI is InChI=1S/C15H36OSi2/c1-15(2)16-18(6,7)14-12-10-8-9-11-13-17(3,4)5/h15H,8-14H2,1-7H3. The van der Waals surface area contributed by atoms with Crippen LogP contribution in [0, 0.1) is 0 Å². The van der Waals surface area contributed by atoms with E-state index in [9.17, 15) is 0 Å². The van der Waals surface area contributed by atoms with Crippen molar-refractivity contribution in [2.75, 3.05) is 0 Å². The maximum absolute atomic E-state index is 6.05. The number of hydrogen-bond donors (Lipinski definition) is 0. The van der Waals surface area contributed by atoms with Crippen molar-refractivity contribution in [1.29, 1.82) is 0 Å². The highest BCUT2D eigenvalue weighted by Crippen LogP contribution is 2.20. The van der Waals surface area contributed by atoms with E-state index in [0.717, 1.165) is 0 Å². The molecule has 0 rings (SSSR count). The summed E-state index contributed by atoms with van der Waals surface area (Å²) in [6.45, 7) is 16.5. The normalized spacial score (nSPS) is 13.3. The molecule has 0 aliphatic carbocycles. The second kappa shape index (κ2) is 8.54. The van der Waals surface area contributed by atoms with Crippen molar-refractivity contribution in [2.45, 2.75) is 96.9 Å². The van der Waals surface area contributed by atoms with E-state index in [4.69, 9.17) is 4.43 Å². The molecule has 0 bridgehead atoms. The van der Waals surface area contributed by atoms with Crippen molar-refractivity contribution in [3.63, 3.8) is 0 Å². The van der Waals surface area contributed by atoms with Crippen LogP contribution in [0.1, 0.15) is 46.0 Å². The van der Waals surface area contributed by atoms with Crippen molar-refractivity contribution in [3.8, 4) is 0 Å². The fourth-order valence-corrected chi connectivity index (χ4v) is 6.24. The Kier molecular flexibility index (Phi) is 8.73. The quantitative estimate of drug-likeness (QED) is 0.359. The SMILES string of the molecule is CC(C)O[Si](C)(C)CCCCCCC[Si](C)(C)C. The Labute approximate surface area is 118 Å². The van der Waals surface area contributed by atoms with Gasteiger partial charge in [0.05, 0.1) is 0 Å². The summed E-state index contributed by atoms with van der Waals surface area (Å²) >= 11 is 0. The summed E-state index contributed by atoms with van der Waals surface area (Å²) in [5, 5.41) is 0. The highest BCUT2D eigenvalue weighted by Gasteiger charge is 2.22. The first kappa shape index (κ1) is 18.4. The largest absolute Gasteiger partial charge is 0.415 e.